The summed E-state index contributed by atoms with van der Waals surface area (Å²) in [5, 5.41) is 0. The van der Waals surface area contributed by atoms with Gasteiger partial charge in [0.05, 0.1) is 18.2 Å². The number of nitrogens with two attached hydrogens (primary N) is 2. The summed E-state index contributed by atoms with van der Waals surface area (Å²) in [6.07, 6.45) is -1.65. The van der Waals surface area contributed by atoms with Crippen molar-refractivity contribution in [3.05, 3.63) is 17.3 Å². The van der Waals surface area contributed by atoms with E-state index in [1.165, 1.54) is 7.11 Å². The average Bonchev–Trinajstić information content (AvgIpc) is 2.16. The fraction of sp³-hybridized carbons (Fsp3) is 0.375. The molecule has 1 aromatic rings. The van der Waals surface area contributed by atoms with Gasteiger partial charge in [-0.1, -0.05) is 0 Å². The molecule has 14 heavy (non-hydrogen) atoms. The maximum absolute atomic E-state index is 12.5. The fourth-order valence-electron chi connectivity index (χ4n) is 1.16. The van der Waals surface area contributed by atoms with E-state index in [-0.39, 0.29) is 23.7 Å². The Morgan fingerprint density at radius 2 is 2.21 bits per heavy atom. The first kappa shape index (κ1) is 10.6. The maximum Gasteiger partial charge on any atom is 0.268 e. The van der Waals surface area contributed by atoms with Crippen LogP contribution in [0.25, 0.3) is 0 Å². The van der Waals surface area contributed by atoms with Crippen molar-refractivity contribution < 1.29 is 13.5 Å². The highest BCUT2D eigenvalue weighted by Gasteiger charge is 2.19. The Hall–Kier alpha value is -1.43. The molecule has 6 heteroatoms. The van der Waals surface area contributed by atoms with Crippen LogP contribution in [0.3, 0.4) is 0 Å². The molecule has 0 spiro atoms. The van der Waals surface area contributed by atoms with E-state index in [9.17, 15) is 8.78 Å². The normalized spacial score (nSPS) is 10.6. The smallest absolute Gasteiger partial charge is 0.268 e. The zero-order valence-electron chi connectivity index (χ0n) is 7.63. The van der Waals surface area contributed by atoms with E-state index in [1.807, 2.05) is 0 Å². The molecule has 4 N–H and O–H groups in total. The molecule has 0 saturated heterocycles. The van der Waals surface area contributed by atoms with Crippen LogP contribution in [0.2, 0.25) is 0 Å². The summed E-state index contributed by atoms with van der Waals surface area (Å²) in [4.78, 5) is 3.62. The lowest BCUT2D eigenvalue weighted by atomic mass is 10.1. The van der Waals surface area contributed by atoms with Crippen molar-refractivity contribution in [1.82, 2.24) is 4.98 Å². The van der Waals surface area contributed by atoms with Gasteiger partial charge in [-0.3, -0.25) is 0 Å². The Morgan fingerprint density at radius 3 is 2.64 bits per heavy atom. The number of hydrogen-bond donors (Lipinski definition) is 2. The third kappa shape index (κ3) is 1.74. The van der Waals surface area contributed by atoms with Crippen LogP contribution in [0.5, 0.6) is 5.75 Å². The predicted octanol–water partition coefficient (Wildman–Crippen LogP) is 1.07. The highest BCUT2D eigenvalue weighted by Crippen LogP contribution is 2.33. The molecule has 0 unspecified atom stereocenters. The molecule has 0 amide bonds. The van der Waals surface area contributed by atoms with Gasteiger partial charge in [-0.2, -0.15) is 0 Å². The van der Waals surface area contributed by atoms with Crippen LogP contribution in [0.1, 0.15) is 17.6 Å². The summed E-state index contributed by atoms with van der Waals surface area (Å²) in [7, 11) is 1.29. The second-order valence-corrected chi connectivity index (χ2v) is 2.62. The molecule has 0 saturated carbocycles. The molecular formula is C8H11F2N3O. The third-order valence-corrected chi connectivity index (χ3v) is 1.83. The molecule has 78 valence electrons. The summed E-state index contributed by atoms with van der Waals surface area (Å²) in [5.74, 6) is 0.142. The van der Waals surface area contributed by atoms with Gasteiger partial charge in [0.1, 0.15) is 11.6 Å². The maximum atomic E-state index is 12.5. The van der Waals surface area contributed by atoms with Crippen molar-refractivity contribution in [2.75, 3.05) is 12.8 Å². The summed E-state index contributed by atoms with van der Waals surface area (Å²) >= 11 is 0. The van der Waals surface area contributed by atoms with Gasteiger partial charge >= 0.3 is 0 Å². The second-order valence-electron chi connectivity index (χ2n) is 2.62. The molecule has 1 rings (SSSR count). The van der Waals surface area contributed by atoms with Crippen LogP contribution in [-0.2, 0) is 6.54 Å². The quantitative estimate of drug-likeness (QED) is 0.770. The Balaban J connectivity index is 3.33. The molecule has 1 aromatic heterocycles. The average molecular weight is 203 g/mol. The minimum absolute atomic E-state index is 0.0164. The fourth-order valence-corrected chi connectivity index (χ4v) is 1.16. The van der Waals surface area contributed by atoms with E-state index in [4.69, 9.17) is 16.2 Å². The highest BCUT2D eigenvalue weighted by atomic mass is 19.3. The van der Waals surface area contributed by atoms with Gasteiger partial charge in [-0.15, -0.1) is 0 Å². The van der Waals surface area contributed by atoms with Crippen molar-refractivity contribution >= 4 is 5.82 Å². The Kier molecular flexibility index (Phi) is 3.19. The number of aromatic nitrogens is 1. The van der Waals surface area contributed by atoms with E-state index in [0.29, 0.717) is 5.56 Å². The number of pyridine rings is 1. The molecule has 0 bridgehead atoms. The predicted molar refractivity (Wildman–Crippen MR) is 48.0 cm³/mol. The van der Waals surface area contributed by atoms with Crippen LogP contribution >= 0.6 is 0 Å². The Morgan fingerprint density at radius 1 is 1.57 bits per heavy atom. The number of ether oxygens (including phenoxy) is 1. The monoisotopic (exact) mass is 203 g/mol. The molecule has 0 aliphatic carbocycles. The van der Waals surface area contributed by atoms with Gasteiger partial charge in [-0.05, 0) is 0 Å². The molecule has 0 radical (unpaired) electrons. The molecule has 0 aliphatic rings. The summed E-state index contributed by atoms with van der Waals surface area (Å²) in [6, 6.07) is 0. The van der Waals surface area contributed by atoms with E-state index >= 15 is 0 Å². The van der Waals surface area contributed by atoms with Gasteiger partial charge in [0.2, 0.25) is 0 Å². The van der Waals surface area contributed by atoms with Gasteiger partial charge in [0, 0.05) is 12.7 Å². The largest absolute Gasteiger partial charge is 0.496 e. The lowest BCUT2D eigenvalue weighted by Crippen LogP contribution is -2.08. The van der Waals surface area contributed by atoms with E-state index < -0.39 is 6.43 Å². The first-order valence-electron chi connectivity index (χ1n) is 3.91. The summed E-state index contributed by atoms with van der Waals surface area (Å²) in [6.45, 7) is 0.0164. The first-order chi connectivity index (χ1) is 6.61. The number of methoxy groups -OCH3 is 1. The van der Waals surface area contributed by atoms with Crippen molar-refractivity contribution in [3.8, 4) is 5.75 Å². The zero-order valence-corrected chi connectivity index (χ0v) is 7.63. The topological polar surface area (TPSA) is 74.2 Å². The highest BCUT2D eigenvalue weighted by molar-refractivity contribution is 5.52. The van der Waals surface area contributed by atoms with E-state index in [2.05, 4.69) is 4.98 Å². The lowest BCUT2D eigenvalue weighted by Gasteiger charge is -2.12. The number of halogens is 2. The van der Waals surface area contributed by atoms with Crippen molar-refractivity contribution in [2.24, 2.45) is 5.73 Å². The van der Waals surface area contributed by atoms with Crippen LogP contribution < -0.4 is 16.2 Å². The first-order valence-corrected chi connectivity index (χ1v) is 3.91. The lowest BCUT2D eigenvalue weighted by molar-refractivity contribution is 0.146. The molecule has 1 heterocycles. The van der Waals surface area contributed by atoms with Crippen LogP contribution in [-0.4, -0.2) is 12.1 Å². The number of rotatable bonds is 3. The zero-order chi connectivity index (χ0) is 10.7. The van der Waals surface area contributed by atoms with Crippen molar-refractivity contribution in [1.29, 1.82) is 0 Å². The Bertz CT molecular complexity index is 331. The number of hydrogen-bond acceptors (Lipinski definition) is 4. The van der Waals surface area contributed by atoms with Gasteiger partial charge in [0.15, 0.2) is 0 Å². The molecule has 0 aliphatic heterocycles. The molecular weight excluding hydrogens is 192 g/mol. The van der Waals surface area contributed by atoms with E-state index in [1.54, 1.807) is 0 Å². The van der Waals surface area contributed by atoms with Gasteiger partial charge < -0.3 is 16.2 Å². The number of nitrogen functional groups attached to an aromatic ring is 1. The molecule has 0 fully saturated rings. The number of alkyl halides is 2. The number of nitrogens with zero attached hydrogens (tertiary/aromatic N) is 1. The van der Waals surface area contributed by atoms with Gasteiger partial charge in [0.25, 0.3) is 6.43 Å². The van der Waals surface area contributed by atoms with Crippen LogP contribution in [0.4, 0.5) is 14.6 Å². The van der Waals surface area contributed by atoms with E-state index in [0.717, 1.165) is 6.20 Å². The second kappa shape index (κ2) is 4.19. The number of anilines is 1. The summed E-state index contributed by atoms with van der Waals surface area (Å²) < 4.78 is 29.8. The minimum atomic E-state index is -2.65. The molecule has 4 nitrogen and oxygen atoms in total. The SMILES string of the molecule is COc1c(C(F)F)cnc(N)c1CN. The van der Waals surface area contributed by atoms with Gasteiger partial charge in [-0.25, -0.2) is 13.8 Å². The standard InChI is InChI=1S/C8H11F2N3O/c1-14-6-4(2-11)8(12)13-3-5(6)7(9)10/h3,7H,2,11H2,1H3,(H2,12,13). The van der Waals surface area contributed by atoms with Crippen molar-refractivity contribution in [2.45, 2.75) is 13.0 Å². The minimum Gasteiger partial charge on any atom is -0.496 e. The Labute approximate surface area is 79.9 Å². The van der Waals surface area contributed by atoms with Crippen LogP contribution in [0, 0.1) is 0 Å². The third-order valence-electron chi connectivity index (χ3n) is 1.83. The van der Waals surface area contributed by atoms with Crippen molar-refractivity contribution in [3.63, 3.8) is 0 Å². The molecule has 0 aromatic carbocycles. The summed E-state index contributed by atoms with van der Waals surface area (Å²) in [5.41, 5.74) is 10.8. The van der Waals surface area contributed by atoms with Crippen LogP contribution in [0.15, 0.2) is 6.20 Å². The molecule has 0 atom stereocenters.